The molecule has 1 aliphatic carbocycles. The Kier molecular flexibility index (Phi) is 2.23. The van der Waals surface area contributed by atoms with Gasteiger partial charge < -0.3 is 0 Å². The van der Waals surface area contributed by atoms with Crippen molar-refractivity contribution in [1.82, 2.24) is 0 Å². The Morgan fingerprint density at radius 2 is 1.82 bits per heavy atom. The second-order valence-electron chi connectivity index (χ2n) is 3.10. The van der Waals surface area contributed by atoms with Crippen LogP contribution in [0.2, 0.25) is 0 Å². The lowest BCUT2D eigenvalue weighted by atomic mass is 9.86. The van der Waals surface area contributed by atoms with Gasteiger partial charge in [0.15, 0.2) is 0 Å². The second kappa shape index (κ2) is 2.85. The largest absolute Gasteiger partial charge is 0.311 e. The smallest absolute Gasteiger partial charge is 0.294 e. The summed E-state index contributed by atoms with van der Waals surface area (Å²) in [4.78, 5) is 10.7. The Bertz CT molecular complexity index is 160. The number of halogens is 2. The molecule has 0 aromatic carbocycles. The first-order valence-electron chi connectivity index (χ1n) is 3.75. The highest BCUT2D eigenvalue weighted by Crippen LogP contribution is 2.35. The van der Waals surface area contributed by atoms with E-state index in [1.807, 2.05) is 0 Å². The number of hydrogen-bond acceptors (Lipinski definition) is 1. The zero-order chi connectivity index (χ0) is 8.48. The maximum Gasteiger partial charge on any atom is 0.311 e. The summed E-state index contributed by atoms with van der Waals surface area (Å²) in [5.41, 5.74) is 3.23. The molecule has 1 fully saturated rings. The van der Waals surface area contributed by atoms with E-state index in [0.29, 0.717) is 12.8 Å². The van der Waals surface area contributed by atoms with Crippen LogP contribution in [0, 0.1) is 5.92 Å². The van der Waals surface area contributed by atoms with Crippen LogP contribution in [-0.2, 0) is 4.79 Å². The average molecular weight is 164 g/mol. The van der Waals surface area contributed by atoms with Crippen LogP contribution < -0.4 is 5.73 Å². The maximum absolute atomic E-state index is 12.5. The van der Waals surface area contributed by atoms with Crippen molar-refractivity contribution in [2.45, 2.75) is 31.6 Å². The lowest BCUT2D eigenvalue weighted by Crippen LogP contribution is -2.61. The standard InChI is InChI=1S/C7H11F2NO/c8-7(9)3-1-5(2-4-7)6(10)11/h5H,1-4H2,(H2,10,11)/p+1. The molecule has 1 amide bonds. The number of carbonyl (C=O) groups excluding carboxylic acids is 1. The highest BCUT2D eigenvalue weighted by molar-refractivity contribution is 5.67. The molecule has 4 heteroatoms. The molecular weight excluding hydrogens is 152 g/mol. The van der Waals surface area contributed by atoms with Crippen LogP contribution in [0.3, 0.4) is 0 Å². The number of carbonyl (C=O) groups is 1. The fourth-order valence-electron chi connectivity index (χ4n) is 1.36. The van der Waals surface area contributed by atoms with Gasteiger partial charge in [0.1, 0.15) is 0 Å². The van der Waals surface area contributed by atoms with Gasteiger partial charge in [-0.3, -0.25) is 5.73 Å². The molecule has 11 heavy (non-hydrogen) atoms. The molecule has 1 aliphatic rings. The first-order valence-corrected chi connectivity index (χ1v) is 3.75. The van der Waals surface area contributed by atoms with Crippen LogP contribution in [0.4, 0.5) is 8.78 Å². The van der Waals surface area contributed by atoms with Crippen LogP contribution in [-0.4, -0.2) is 11.8 Å². The van der Waals surface area contributed by atoms with Crippen molar-refractivity contribution in [3.05, 3.63) is 0 Å². The van der Waals surface area contributed by atoms with E-state index >= 15 is 0 Å². The molecule has 0 aromatic rings. The van der Waals surface area contributed by atoms with Crippen molar-refractivity contribution in [3.8, 4) is 0 Å². The molecule has 0 heterocycles. The Labute approximate surface area is 63.8 Å². The van der Waals surface area contributed by atoms with Crippen LogP contribution in [0.25, 0.3) is 0 Å². The minimum Gasteiger partial charge on any atom is -0.294 e. The summed E-state index contributed by atoms with van der Waals surface area (Å²) >= 11 is 0. The Hall–Kier alpha value is -0.510. The number of rotatable bonds is 1. The molecule has 0 aromatic heterocycles. The summed E-state index contributed by atoms with van der Waals surface area (Å²) in [6, 6.07) is 0. The van der Waals surface area contributed by atoms with Crippen LogP contribution >= 0.6 is 0 Å². The molecule has 0 spiro atoms. The number of hydrogen-bond donors (Lipinski definition) is 1. The van der Waals surface area contributed by atoms with Crippen LogP contribution in [0.1, 0.15) is 25.7 Å². The molecule has 0 saturated heterocycles. The van der Waals surface area contributed by atoms with Gasteiger partial charge >= 0.3 is 5.91 Å². The summed E-state index contributed by atoms with van der Waals surface area (Å²) in [6.07, 6.45) is 0.294. The van der Waals surface area contributed by atoms with Crippen molar-refractivity contribution < 1.29 is 19.3 Å². The predicted molar refractivity (Wildman–Crippen MR) is 34.8 cm³/mol. The van der Waals surface area contributed by atoms with Gasteiger partial charge in [0, 0.05) is 12.8 Å². The van der Waals surface area contributed by atoms with Crippen molar-refractivity contribution in [2.75, 3.05) is 0 Å². The molecule has 0 unspecified atom stereocenters. The van der Waals surface area contributed by atoms with Crippen molar-refractivity contribution >= 4 is 5.91 Å². The quantitative estimate of drug-likeness (QED) is 0.605. The SMILES string of the molecule is [NH3+]C(=O)C1CCC(F)(F)CC1. The molecule has 64 valence electrons. The van der Waals surface area contributed by atoms with E-state index in [1.54, 1.807) is 0 Å². The number of amides is 1. The van der Waals surface area contributed by atoms with Crippen molar-refractivity contribution in [3.63, 3.8) is 0 Å². The summed E-state index contributed by atoms with van der Waals surface area (Å²) in [6.45, 7) is 0. The Balaban J connectivity index is 2.42. The van der Waals surface area contributed by atoms with Gasteiger partial charge in [0.2, 0.25) is 5.92 Å². The molecule has 1 rings (SSSR count). The summed E-state index contributed by atoms with van der Waals surface area (Å²) in [5.74, 6) is -2.94. The maximum atomic E-state index is 12.5. The molecule has 2 nitrogen and oxygen atoms in total. The molecule has 0 radical (unpaired) electrons. The molecule has 0 bridgehead atoms. The third-order valence-electron chi connectivity index (χ3n) is 2.17. The number of quaternary nitrogens is 1. The van der Waals surface area contributed by atoms with E-state index in [9.17, 15) is 13.6 Å². The van der Waals surface area contributed by atoms with Crippen LogP contribution in [0.5, 0.6) is 0 Å². The first-order chi connectivity index (χ1) is 5.01. The van der Waals surface area contributed by atoms with Gasteiger partial charge in [-0.05, 0) is 12.8 Å². The lowest BCUT2D eigenvalue weighted by Gasteiger charge is -2.24. The predicted octanol–water partition coefficient (Wildman–Crippen LogP) is 0.580. The van der Waals surface area contributed by atoms with Crippen molar-refractivity contribution in [1.29, 1.82) is 0 Å². The summed E-state index contributed by atoms with van der Waals surface area (Å²) < 4.78 is 25.0. The van der Waals surface area contributed by atoms with Gasteiger partial charge in [-0.15, -0.1) is 0 Å². The molecule has 1 saturated carbocycles. The molecule has 0 atom stereocenters. The van der Waals surface area contributed by atoms with Gasteiger partial charge in [-0.2, -0.15) is 0 Å². The molecule has 3 N–H and O–H groups in total. The highest BCUT2D eigenvalue weighted by Gasteiger charge is 2.37. The van der Waals surface area contributed by atoms with Crippen molar-refractivity contribution in [2.24, 2.45) is 5.92 Å². The van der Waals surface area contributed by atoms with E-state index < -0.39 is 5.92 Å². The minimum absolute atomic E-state index is 0.154. The molecule has 0 aliphatic heterocycles. The fraction of sp³-hybridized carbons (Fsp3) is 0.857. The third-order valence-corrected chi connectivity index (χ3v) is 2.17. The highest BCUT2D eigenvalue weighted by atomic mass is 19.3. The topological polar surface area (TPSA) is 44.7 Å². The summed E-state index contributed by atoms with van der Waals surface area (Å²) in [7, 11) is 0. The monoisotopic (exact) mass is 164 g/mol. The summed E-state index contributed by atoms with van der Waals surface area (Å²) in [5, 5.41) is 0. The average Bonchev–Trinajstić information content (AvgIpc) is 1.86. The fourth-order valence-corrected chi connectivity index (χ4v) is 1.36. The van der Waals surface area contributed by atoms with Gasteiger partial charge in [-0.1, -0.05) is 0 Å². The minimum atomic E-state index is -2.54. The molecular formula is C7H12F2NO+. The Morgan fingerprint density at radius 1 is 1.36 bits per heavy atom. The zero-order valence-corrected chi connectivity index (χ0v) is 6.28. The number of alkyl halides is 2. The normalized spacial score (nSPS) is 25.0. The van der Waals surface area contributed by atoms with Crippen LogP contribution in [0.15, 0.2) is 0 Å². The van der Waals surface area contributed by atoms with Gasteiger partial charge in [0.05, 0.1) is 5.92 Å². The third kappa shape index (κ3) is 2.22. The lowest BCUT2D eigenvalue weighted by molar-refractivity contribution is -0.313. The first kappa shape index (κ1) is 8.59. The van der Waals surface area contributed by atoms with Gasteiger partial charge in [-0.25, -0.2) is 13.6 Å². The van der Waals surface area contributed by atoms with E-state index in [1.165, 1.54) is 0 Å². The van der Waals surface area contributed by atoms with E-state index in [2.05, 4.69) is 5.73 Å². The van der Waals surface area contributed by atoms with E-state index in [-0.39, 0.29) is 24.7 Å². The van der Waals surface area contributed by atoms with E-state index in [0.717, 1.165) is 0 Å². The van der Waals surface area contributed by atoms with E-state index in [4.69, 9.17) is 0 Å². The zero-order valence-electron chi connectivity index (χ0n) is 6.28. The van der Waals surface area contributed by atoms with Gasteiger partial charge in [0.25, 0.3) is 0 Å². The Morgan fingerprint density at radius 3 is 2.18 bits per heavy atom. The second-order valence-corrected chi connectivity index (χ2v) is 3.10.